The van der Waals surface area contributed by atoms with Crippen LogP contribution in [0, 0.1) is 22.1 Å². The van der Waals surface area contributed by atoms with E-state index in [9.17, 15) is 28.1 Å². The van der Waals surface area contributed by atoms with Crippen LogP contribution in [0.25, 0.3) is 0 Å². The molecule has 0 atom stereocenters. The molecule has 0 aliphatic carbocycles. The number of ether oxygens (including phenoxy) is 2. The number of hydrogen-bond donors (Lipinski definition) is 0. The fraction of sp³-hybridized carbons (Fsp3) is 0.118. The molecule has 0 aliphatic rings. The summed E-state index contributed by atoms with van der Waals surface area (Å²) >= 11 is 16.9. The molecule has 2 aromatic rings. The number of nitrogens with zero attached hydrogens (tertiary/aromatic N) is 1. The number of benzene rings is 2. The Kier molecular flexibility index (Phi) is 7.19. The molecule has 12 heteroatoms. The van der Waals surface area contributed by atoms with E-state index >= 15 is 0 Å². The number of halogens is 6. The molecule has 0 radical (unpaired) electrons. The zero-order valence-corrected chi connectivity index (χ0v) is 16.1. The number of nitro benzene ring substituents is 1. The maximum absolute atomic E-state index is 12.8. The van der Waals surface area contributed by atoms with Crippen molar-refractivity contribution in [3.8, 4) is 23.5 Å². The molecule has 0 aliphatic heterocycles. The minimum Gasteiger partial charge on any atom is -0.454 e. The largest absolute Gasteiger partial charge is 0.454 e. The first-order chi connectivity index (χ1) is 13.5. The van der Waals surface area contributed by atoms with Gasteiger partial charge in [-0.1, -0.05) is 23.2 Å². The Bertz CT molecular complexity index is 1010. The lowest BCUT2D eigenvalue weighted by Crippen LogP contribution is -2.06. The van der Waals surface area contributed by atoms with Gasteiger partial charge in [0.2, 0.25) is 0 Å². The molecule has 2 aromatic carbocycles. The second-order valence-electron chi connectivity index (χ2n) is 5.11. The molecule has 0 N–H and O–H groups in total. The minimum atomic E-state index is -4.68. The smallest absolute Gasteiger partial charge is 0.416 e. The van der Waals surface area contributed by atoms with Gasteiger partial charge in [0.25, 0.3) is 5.69 Å². The Morgan fingerprint density at radius 2 is 1.79 bits per heavy atom. The Morgan fingerprint density at radius 3 is 2.31 bits per heavy atom. The zero-order chi connectivity index (χ0) is 21.8. The predicted octanol–water partition coefficient (Wildman–Crippen LogP) is 6.07. The highest BCUT2D eigenvalue weighted by Gasteiger charge is 2.32. The fourth-order valence-corrected chi connectivity index (χ4v) is 2.62. The molecule has 0 amide bonds. The van der Waals surface area contributed by atoms with Crippen molar-refractivity contribution in [3.05, 3.63) is 61.6 Å². The Balaban J connectivity index is 2.43. The van der Waals surface area contributed by atoms with Gasteiger partial charge >= 0.3 is 12.1 Å². The minimum absolute atomic E-state index is 0.135. The van der Waals surface area contributed by atoms with E-state index in [2.05, 4.69) is 10.7 Å². The Hall–Kier alpha value is -2.67. The van der Waals surface area contributed by atoms with Crippen LogP contribution in [0.2, 0.25) is 10.0 Å². The second kappa shape index (κ2) is 9.22. The van der Waals surface area contributed by atoms with E-state index < -0.39 is 43.9 Å². The van der Waals surface area contributed by atoms with E-state index in [4.69, 9.17) is 39.5 Å². The summed E-state index contributed by atoms with van der Waals surface area (Å²) in [5.41, 5.74) is -2.22. The molecule has 0 unspecified atom stereocenters. The van der Waals surface area contributed by atoms with Crippen molar-refractivity contribution in [2.45, 2.75) is 6.18 Å². The van der Waals surface area contributed by atoms with Gasteiger partial charge < -0.3 is 9.47 Å². The molecule has 152 valence electrons. The van der Waals surface area contributed by atoms with E-state index in [0.717, 1.165) is 18.2 Å². The molecule has 2 rings (SSSR count). The SMILES string of the molecule is O=C(OC#CCCl)c1cc(Oc2c(Cl)cc(C(F)(F)F)cc2Cl)ccc1[N+](=O)[O-]. The third-order valence-corrected chi connectivity index (χ3v) is 3.91. The van der Waals surface area contributed by atoms with E-state index in [0.29, 0.717) is 12.1 Å². The first kappa shape index (κ1) is 22.6. The van der Waals surface area contributed by atoms with Gasteiger partial charge in [0.1, 0.15) is 17.4 Å². The van der Waals surface area contributed by atoms with Gasteiger partial charge in [0, 0.05) is 12.1 Å². The van der Waals surface area contributed by atoms with Crippen molar-refractivity contribution in [1.29, 1.82) is 0 Å². The highest BCUT2D eigenvalue weighted by Crippen LogP contribution is 2.42. The van der Waals surface area contributed by atoms with Crippen LogP contribution >= 0.6 is 34.8 Å². The first-order valence-corrected chi connectivity index (χ1v) is 8.61. The molecule has 0 spiro atoms. The van der Waals surface area contributed by atoms with Crippen LogP contribution in [0.5, 0.6) is 11.5 Å². The normalized spacial score (nSPS) is 10.7. The monoisotopic (exact) mass is 467 g/mol. The summed E-state index contributed by atoms with van der Waals surface area (Å²) in [5.74, 6) is 0.424. The van der Waals surface area contributed by atoms with Gasteiger partial charge in [-0.15, -0.1) is 11.6 Å². The van der Waals surface area contributed by atoms with Crippen LogP contribution in [0.1, 0.15) is 15.9 Å². The van der Waals surface area contributed by atoms with Gasteiger partial charge in [-0.3, -0.25) is 10.1 Å². The van der Waals surface area contributed by atoms with Gasteiger partial charge in [-0.2, -0.15) is 13.2 Å². The summed E-state index contributed by atoms with van der Waals surface area (Å²) in [5, 5.41) is 10.2. The van der Waals surface area contributed by atoms with Crippen molar-refractivity contribution in [2.75, 3.05) is 5.88 Å². The molecule has 0 heterocycles. The molecule has 6 nitrogen and oxygen atoms in total. The number of carbonyl (C=O) groups excluding carboxylic acids is 1. The van der Waals surface area contributed by atoms with Crippen LogP contribution in [0.15, 0.2) is 30.3 Å². The maximum atomic E-state index is 12.8. The molecule has 0 saturated heterocycles. The summed E-state index contributed by atoms with van der Waals surface area (Å²) in [6.45, 7) is 0. The Morgan fingerprint density at radius 1 is 1.17 bits per heavy atom. The predicted molar refractivity (Wildman–Crippen MR) is 98.5 cm³/mol. The van der Waals surface area contributed by atoms with E-state index in [1.54, 1.807) is 0 Å². The lowest BCUT2D eigenvalue weighted by atomic mass is 10.1. The summed E-state index contributed by atoms with van der Waals surface area (Å²) in [4.78, 5) is 22.3. The third-order valence-electron chi connectivity index (χ3n) is 3.21. The summed E-state index contributed by atoms with van der Waals surface area (Å²) < 4.78 is 48.3. The van der Waals surface area contributed by atoms with E-state index in [-0.39, 0.29) is 17.4 Å². The number of hydrogen-bond acceptors (Lipinski definition) is 5. The number of esters is 1. The van der Waals surface area contributed by atoms with Crippen LogP contribution < -0.4 is 4.74 Å². The standard InChI is InChI=1S/C17H7Cl3F3NO5/c18-4-1-5-28-16(25)11-8-10(2-3-14(11)24(26)27)29-15-12(19)6-9(7-13(15)20)17(21,22)23/h2-3,6-8H,4H2. The van der Waals surface area contributed by atoms with Crippen molar-refractivity contribution < 1.29 is 32.4 Å². The van der Waals surface area contributed by atoms with Crippen LogP contribution in [0.3, 0.4) is 0 Å². The highest BCUT2D eigenvalue weighted by atomic mass is 35.5. The van der Waals surface area contributed by atoms with Crippen molar-refractivity contribution in [3.63, 3.8) is 0 Å². The third kappa shape index (κ3) is 5.67. The van der Waals surface area contributed by atoms with E-state index in [1.807, 2.05) is 6.11 Å². The average Bonchev–Trinajstić information content (AvgIpc) is 2.63. The molecule has 0 aromatic heterocycles. The topological polar surface area (TPSA) is 78.7 Å². The molecular weight excluding hydrogens is 462 g/mol. The van der Waals surface area contributed by atoms with Crippen LogP contribution in [-0.2, 0) is 10.9 Å². The van der Waals surface area contributed by atoms with Crippen LogP contribution in [-0.4, -0.2) is 16.8 Å². The molecule has 29 heavy (non-hydrogen) atoms. The Labute approximate surface area is 176 Å². The first-order valence-electron chi connectivity index (χ1n) is 7.32. The number of nitro groups is 1. The molecule has 0 fully saturated rings. The lowest BCUT2D eigenvalue weighted by molar-refractivity contribution is -0.385. The molecule has 0 saturated carbocycles. The lowest BCUT2D eigenvalue weighted by Gasteiger charge is -2.13. The second-order valence-corrected chi connectivity index (χ2v) is 6.19. The number of rotatable bonds is 4. The fourth-order valence-electron chi connectivity index (χ4n) is 2.00. The van der Waals surface area contributed by atoms with Crippen molar-refractivity contribution in [1.82, 2.24) is 0 Å². The zero-order valence-electron chi connectivity index (χ0n) is 13.9. The van der Waals surface area contributed by atoms with Crippen molar-refractivity contribution in [2.24, 2.45) is 0 Å². The number of alkyl halides is 4. The average molecular weight is 469 g/mol. The van der Waals surface area contributed by atoms with Crippen molar-refractivity contribution >= 4 is 46.5 Å². The van der Waals surface area contributed by atoms with Gasteiger partial charge in [0.05, 0.1) is 26.4 Å². The summed E-state index contributed by atoms with van der Waals surface area (Å²) in [6, 6.07) is 4.18. The van der Waals surface area contributed by atoms with Crippen LogP contribution in [0.4, 0.5) is 18.9 Å². The van der Waals surface area contributed by atoms with Gasteiger partial charge in [-0.05, 0) is 24.1 Å². The molecule has 0 bridgehead atoms. The summed E-state index contributed by atoms with van der Waals surface area (Å²) in [7, 11) is 0. The van der Waals surface area contributed by atoms with Gasteiger partial charge in [-0.25, -0.2) is 4.79 Å². The van der Waals surface area contributed by atoms with Gasteiger partial charge in [0.15, 0.2) is 5.75 Å². The maximum Gasteiger partial charge on any atom is 0.416 e. The van der Waals surface area contributed by atoms with E-state index in [1.165, 1.54) is 0 Å². The summed E-state index contributed by atoms with van der Waals surface area (Å²) in [6.07, 6.45) is -2.72. The molecular formula is C17H7Cl3F3NO5. The quantitative estimate of drug-likeness (QED) is 0.179. The highest BCUT2D eigenvalue weighted by molar-refractivity contribution is 6.37. The number of carbonyl (C=O) groups is 1.